The zero-order valence-corrected chi connectivity index (χ0v) is 14.7. The average molecular weight is 329 g/mol. The molecule has 1 fully saturated rings. The van der Waals surface area contributed by atoms with Crippen molar-refractivity contribution < 1.29 is 4.74 Å². The molecule has 1 aliphatic rings. The number of hydrogen-bond donors (Lipinski definition) is 0. The Balaban J connectivity index is 1.58. The molecule has 2 heteroatoms. The number of nitrogens with zero attached hydrogens (tertiary/aromatic N) is 1. The second-order valence-corrected chi connectivity index (χ2v) is 6.71. The first-order valence-corrected chi connectivity index (χ1v) is 8.82. The van der Waals surface area contributed by atoms with Crippen LogP contribution in [0.5, 0.6) is 0 Å². The maximum Gasteiger partial charge on any atom is 0.137 e. The van der Waals surface area contributed by atoms with Crippen molar-refractivity contribution in [3.05, 3.63) is 96.1 Å². The molecule has 3 atom stereocenters. The van der Waals surface area contributed by atoms with Gasteiger partial charge in [-0.2, -0.15) is 0 Å². The summed E-state index contributed by atoms with van der Waals surface area (Å²) in [4.78, 5) is 2.31. The molecule has 0 bridgehead atoms. The van der Waals surface area contributed by atoms with Crippen LogP contribution in [0, 0.1) is 0 Å². The first kappa shape index (κ1) is 16.1. The molecule has 25 heavy (non-hydrogen) atoms. The van der Waals surface area contributed by atoms with Crippen molar-refractivity contribution in [3.63, 3.8) is 0 Å². The SMILES string of the molecule is C[C@H]1[C@@H](c2ccccc2)OC(c2ccc(-c3ccccc3)cc2)N1C. The summed E-state index contributed by atoms with van der Waals surface area (Å²) in [5.74, 6) is 0. The van der Waals surface area contributed by atoms with Crippen LogP contribution >= 0.6 is 0 Å². The van der Waals surface area contributed by atoms with Gasteiger partial charge in [0.2, 0.25) is 0 Å². The highest BCUT2D eigenvalue weighted by Crippen LogP contribution is 2.41. The van der Waals surface area contributed by atoms with Gasteiger partial charge in [0.15, 0.2) is 0 Å². The summed E-state index contributed by atoms with van der Waals surface area (Å²) < 4.78 is 6.43. The van der Waals surface area contributed by atoms with E-state index in [-0.39, 0.29) is 12.3 Å². The van der Waals surface area contributed by atoms with Crippen molar-refractivity contribution in [2.24, 2.45) is 0 Å². The zero-order chi connectivity index (χ0) is 17.2. The largest absolute Gasteiger partial charge is 0.349 e. The summed E-state index contributed by atoms with van der Waals surface area (Å²) >= 11 is 0. The third-order valence-corrected chi connectivity index (χ3v) is 5.16. The van der Waals surface area contributed by atoms with Crippen LogP contribution in [-0.4, -0.2) is 18.0 Å². The van der Waals surface area contributed by atoms with Crippen LogP contribution in [-0.2, 0) is 4.74 Å². The highest BCUT2D eigenvalue weighted by atomic mass is 16.5. The van der Waals surface area contributed by atoms with E-state index in [9.17, 15) is 0 Å². The summed E-state index contributed by atoms with van der Waals surface area (Å²) in [6, 6.07) is 30.0. The minimum absolute atomic E-state index is 0.00923. The summed E-state index contributed by atoms with van der Waals surface area (Å²) in [6.45, 7) is 2.23. The number of likely N-dealkylation sites (N-methyl/N-ethyl adjacent to an activating group) is 1. The minimum Gasteiger partial charge on any atom is -0.349 e. The van der Waals surface area contributed by atoms with Crippen LogP contribution < -0.4 is 0 Å². The Kier molecular flexibility index (Phi) is 4.39. The Labute approximate surface area is 149 Å². The molecular weight excluding hydrogens is 306 g/mol. The Bertz CT molecular complexity index is 814. The van der Waals surface area contributed by atoms with Crippen molar-refractivity contribution in [1.29, 1.82) is 0 Å². The van der Waals surface area contributed by atoms with E-state index in [1.54, 1.807) is 0 Å². The lowest BCUT2D eigenvalue weighted by molar-refractivity contribution is 0.00561. The Morgan fingerprint density at radius 2 is 1.24 bits per heavy atom. The molecular formula is C23H23NO. The summed E-state index contributed by atoms with van der Waals surface area (Å²) in [6.07, 6.45) is 0.0926. The predicted molar refractivity (Wildman–Crippen MR) is 102 cm³/mol. The standard InChI is InChI=1S/C23H23NO/c1-17-22(20-11-7-4-8-12-20)25-23(24(17)2)21-15-13-19(14-16-21)18-9-5-3-6-10-18/h3-17,22-23H,1-2H3/t17-,22-,23?/m0/s1. The van der Waals surface area contributed by atoms with Crippen molar-refractivity contribution in [1.82, 2.24) is 4.90 Å². The minimum atomic E-state index is -0.00923. The van der Waals surface area contributed by atoms with E-state index in [1.165, 1.54) is 22.3 Å². The lowest BCUT2D eigenvalue weighted by atomic mass is 10.0. The van der Waals surface area contributed by atoms with Gasteiger partial charge < -0.3 is 4.74 Å². The van der Waals surface area contributed by atoms with Crippen molar-refractivity contribution in [2.75, 3.05) is 7.05 Å². The Hall–Kier alpha value is -2.42. The Morgan fingerprint density at radius 3 is 1.88 bits per heavy atom. The van der Waals surface area contributed by atoms with Gasteiger partial charge in [0.1, 0.15) is 12.3 Å². The topological polar surface area (TPSA) is 12.5 Å². The summed E-state index contributed by atoms with van der Waals surface area (Å²) in [5.41, 5.74) is 4.92. The number of benzene rings is 3. The average Bonchev–Trinajstić information content (AvgIpc) is 2.98. The van der Waals surface area contributed by atoms with E-state index in [0.717, 1.165) is 0 Å². The maximum absolute atomic E-state index is 6.43. The van der Waals surface area contributed by atoms with E-state index >= 15 is 0 Å². The lowest BCUT2D eigenvalue weighted by Crippen LogP contribution is -2.27. The molecule has 1 unspecified atom stereocenters. The quantitative estimate of drug-likeness (QED) is 0.634. The molecule has 3 aromatic carbocycles. The van der Waals surface area contributed by atoms with Gasteiger partial charge in [-0.1, -0.05) is 84.9 Å². The molecule has 2 nitrogen and oxygen atoms in total. The zero-order valence-electron chi connectivity index (χ0n) is 14.7. The molecule has 0 aliphatic carbocycles. The van der Waals surface area contributed by atoms with E-state index in [2.05, 4.69) is 91.7 Å². The van der Waals surface area contributed by atoms with Crippen LogP contribution in [0.2, 0.25) is 0 Å². The fourth-order valence-electron chi connectivity index (χ4n) is 3.56. The highest BCUT2D eigenvalue weighted by Gasteiger charge is 2.38. The van der Waals surface area contributed by atoms with Gasteiger partial charge in [0.25, 0.3) is 0 Å². The predicted octanol–water partition coefficient (Wildman–Crippen LogP) is 5.44. The molecule has 3 aromatic rings. The van der Waals surface area contributed by atoms with E-state index in [4.69, 9.17) is 4.74 Å². The molecule has 1 saturated heterocycles. The van der Waals surface area contributed by atoms with Gasteiger partial charge >= 0.3 is 0 Å². The van der Waals surface area contributed by atoms with Crippen LogP contribution in [0.15, 0.2) is 84.9 Å². The Morgan fingerprint density at radius 1 is 0.680 bits per heavy atom. The molecule has 0 amide bonds. The number of rotatable bonds is 3. The smallest absolute Gasteiger partial charge is 0.137 e. The van der Waals surface area contributed by atoms with Gasteiger partial charge in [-0.05, 0) is 36.2 Å². The van der Waals surface area contributed by atoms with E-state index < -0.39 is 0 Å². The fourth-order valence-corrected chi connectivity index (χ4v) is 3.56. The lowest BCUT2D eigenvalue weighted by Gasteiger charge is -2.21. The molecule has 1 aliphatic heterocycles. The number of hydrogen-bond acceptors (Lipinski definition) is 2. The normalized spacial score (nSPS) is 23.7. The van der Waals surface area contributed by atoms with Gasteiger partial charge in [-0.15, -0.1) is 0 Å². The second kappa shape index (κ2) is 6.83. The highest BCUT2D eigenvalue weighted by molar-refractivity contribution is 5.63. The van der Waals surface area contributed by atoms with Crippen molar-refractivity contribution >= 4 is 0 Å². The van der Waals surface area contributed by atoms with E-state index in [0.29, 0.717) is 6.04 Å². The van der Waals surface area contributed by atoms with E-state index in [1.807, 2.05) is 12.1 Å². The number of ether oxygens (including phenoxy) is 1. The maximum atomic E-state index is 6.43. The second-order valence-electron chi connectivity index (χ2n) is 6.71. The molecule has 0 radical (unpaired) electrons. The molecule has 4 rings (SSSR count). The first-order valence-electron chi connectivity index (χ1n) is 8.82. The third-order valence-electron chi connectivity index (χ3n) is 5.16. The van der Waals surface area contributed by atoms with Crippen LogP contribution in [0.1, 0.15) is 30.4 Å². The fraction of sp³-hybridized carbons (Fsp3) is 0.217. The van der Waals surface area contributed by atoms with Crippen LogP contribution in [0.25, 0.3) is 11.1 Å². The van der Waals surface area contributed by atoms with Gasteiger partial charge in [-0.3, -0.25) is 4.90 Å². The van der Waals surface area contributed by atoms with Crippen molar-refractivity contribution in [2.45, 2.75) is 25.3 Å². The van der Waals surface area contributed by atoms with Gasteiger partial charge in [-0.25, -0.2) is 0 Å². The summed E-state index contributed by atoms with van der Waals surface area (Å²) in [5, 5.41) is 0. The van der Waals surface area contributed by atoms with Crippen molar-refractivity contribution in [3.8, 4) is 11.1 Å². The van der Waals surface area contributed by atoms with Crippen LogP contribution in [0.4, 0.5) is 0 Å². The van der Waals surface area contributed by atoms with Gasteiger partial charge in [0, 0.05) is 6.04 Å². The summed E-state index contributed by atoms with van der Waals surface area (Å²) in [7, 11) is 2.14. The monoisotopic (exact) mass is 329 g/mol. The van der Waals surface area contributed by atoms with Crippen LogP contribution in [0.3, 0.4) is 0 Å². The molecule has 0 spiro atoms. The molecule has 1 heterocycles. The third kappa shape index (κ3) is 3.11. The molecule has 0 aromatic heterocycles. The molecule has 0 N–H and O–H groups in total. The first-order chi connectivity index (χ1) is 12.2. The molecule has 0 saturated carbocycles. The molecule has 126 valence electrons. The van der Waals surface area contributed by atoms with Gasteiger partial charge in [0.05, 0.1) is 0 Å².